The standard InChI is InChI=1S/C10H13ClFN3O2/c1-16-10(2-3-17-6-10)5-14-8-7(12)4-13-9(11)15-8/h4H,2-3,5-6H2,1H3,(H,13,14,15). The zero-order valence-corrected chi connectivity index (χ0v) is 10.1. The molecule has 1 aliphatic rings. The number of methoxy groups -OCH3 is 1. The van der Waals surface area contributed by atoms with E-state index in [2.05, 4.69) is 15.3 Å². The van der Waals surface area contributed by atoms with Crippen LogP contribution in [0.25, 0.3) is 0 Å². The van der Waals surface area contributed by atoms with Crippen LogP contribution in [0.15, 0.2) is 6.20 Å². The Hall–Kier alpha value is -0.980. The third-order valence-electron chi connectivity index (χ3n) is 2.79. The van der Waals surface area contributed by atoms with Gasteiger partial charge >= 0.3 is 0 Å². The monoisotopic (exact) mass is 261 g/mol. The van der Waals surface area contributed by atoms with Crippen LogP contribution < -0.4 is 5.32 Å². The lowest BCUT2D eigenvalue weighted by Gasteiger charge is -2.26. The van der Waals surface area contributed by atoms with Crippen molar-refractivity contribution in [2.75, 3.05) is 32.2 Å². The molecule has 1 aliphatic heterocycles. The quantitative estimate of drug-likeness (QED) is 0.832. The van der Waals surface area contributed by atoms with Crippen LogP contribution in [0.1, 0.15) is 6.42 Å². The van der Waals surface area contributed by atoms with Crippen LogP contribution in [0.3, 0.4) is 0 Å². The van der Waals surface area contributed by atoms with E-state index in [-0.39, 0.29) is 11.1 Å². The molecule has 1 N–H and O–H groups in total. The Balaban J connectivity index is 2.03. The number of nitrogens with one attached hydrogen (secondary N) is 1. The zero-order chi connectivity index (χ0) is 12.3. The fourth-order valence-corrected chi connectivity index (χ4v) is 1.81. The van der Waals surface area contributed by atoms with Gasteiger partial charge in [-0.15, -0.1) is 0 Å². The molecule has 1 aromatic heterocycles. The van der Waals surface area contributed by atoms with Crippen LogP contribution in [-0.2, 0) is 9.47 Å². The van der Waals surface area contributed by atoms with Gasteiger partial charge < -0.3 is 14.8 Å². The predicted molar refractivity (Wildman–Crippen MR) is 60.7 cm³/mol. The first kappa shape index (κ1) is 12.5. The molecular weight excluding hydrogens is 249 g/mol. The minimum absolute atomic E-state index is 0.00281. The van der Waals surface area contributed by atoms with Gasteiger partial charge in [0.15, 0.2) is 11.6 Å². The molecule has 1 saturated heterocycles. The Morgan fingerprint density at radius 1 is 1.71 bits per heavy atom. The summed E-state index contributed by atoms with van der Waals surface area (Å²) in [6, 6.07) is 0. The van der Waals surface area contributed by atoms with E-state index in [0.717, 1.165) is 12.6 Å². The fraction of sp³-hybridized carbons (Fsp3) is 0.600. The van der Waals surface area contributed by atoms with Crippen LogP contribution in [0.2, 0.25) is 5.28 Å². The molecule has 2 heterocycles. The molecule has 1 aromatic rings. The van der Waals surface area contributed by atoms with Gasteiger partial charge in [0.25, 0.3) is 0 Å². The van der Waals surface area contributed by atoms with E-state index in [0.29, 0.717) is 19.8 Å². The van der Waals surface area contributed by atoms with E-state index in [4.69, 9.17) is 21.1 Å². The summed E-state index contributed by atoms with van der Waals surface area (Å²) < 4.78 is 24.0. The topological polar surface area (TPSA) is 56.3 Å². The van der Waals surface area contributed by atoms with Crippen LogP contribution in [-0.4, -0.2) is 42.4 Å². The minimum Gasteiger partial charge on any atom is -0.378 e. The molecule has 7 heteroatoms. The molecule has 5 nitrogen and oxygen atoms in total. The predicted octanol–water partition coefficient (Wildman–Crippen LogP) is 1.49. The van der Waals surface area contributed by atoms with Gasteiger partial charge in [-0.1, -0.05) is 0 Å². The Bertz CT molecular complexity index is 399. The minimum atomic E-state index is -0.542. The molecule has 2 rings (SSSR count). The highest BCUT2D eigenvalue weighted by molar-refractivity contribution is 6.28. The fourth-order valence-electron chi connectivity index (χ4n) is 1.68. The molecule has 0 aliphatic carbocycles. The summed E-state index contributed by atoms with van der Waals surface area (Å²) in [5.74, 6) is -0.465. The summed E-state index contributed by atoms with van der Waals surface area (Å²) in [7, 11) is 1.61. The van der Waals surface area contributed by atoms with Crippen molar-refractivity contribution in [1.29, 1.82) is 0 Å². The van der Waals surface area contributed by atoms with Gasteiger partial charge in [0.05, 0.1) is 12.8 Å². The Labute approximate surface area is 103 Å². The maximum absolute atomic E-state index is 13.4. The summed E-state index contributed by atoms with van der Waals surface area (Å²) in [5.41, 5.74) is -0.427. The van der Waals surface area contributed by atoms with Crippen LogP contribution >= 0.6 is 11.6 Å². The molecule has 94 valence electrons. The number of halogens is 2. The number of nitrogens with zero attached hydrogens (tertiary/aromatic N) is 2. The highest BCUT2D eigenvalue weighted by atomic mass is 35.5. The molecule has 0 saturated carbocycles. The Morgan fingerprint density at radius 3 is 3.18 bits per heavy atom. The molecule has 0 aromatic carbocycles. The number of hydrogen-bond acceptors (Lipinski definition) is 5. The highest BCUT2D eigenvalue weighted by Crippen LogP contribution is 2.23. The SMILES string of the molecule is COC1(CNc2nc(Cl)ncc2F)CCOC1. The van der Waals surface area contributed by atoms with Crippen molar-refractivity contribution in [1.82, 2.24) is 9.97 Å². The third-order valence-corrected chi connectivity index (χ3v) is 2.97. The van der Waals surface area contributed by atoms with Crippen molar-refractivity contribution < 1.29 is 13.9 Å². The van der Waals surface area contributed by atoms with E-state index < -0.39 is 11.4 Å². The Morgan fingerprint density at radius 2 is 2.53 bits per heavy atom. The summed E-state index contributed by atoms with van der Waals surface area (Å²) in [5, 5.41) is 2.87. The largest absolute Gasteiger partial charge is 0.378 e. The van der Waals surface area contributed by atoms with Crippen molar-refractivity contribution in [3.05, 3.63) is 17.3 Å². The first-order chi connectivity index (χ1) is 8.15. The number of anilines is 1. The second kappa shape index (κ2) is 5.12. The second-order valence-electron chi connectivity index (χ2n) is 3.88. The van der Waals surface area contributed by atoms with Gasteiger partial charge in [-0.3, -0.25) is 0 Å². The highest BCUT2D eigenvalue weighted by Gasteiger charge is 2.35. The Kier molecular flexibility index (Phi) is 3.76. The maximum atomic E-state index is 13.4. The summed E-state index contributed by atoms with van der Waals surface area (Å²) >= 11 is 5.60. The molecule has 0 amide bonds. The van der Waals surface area contributed by atoms with Crippen molar-refractivity contribution in [2.45, 2.75) is 12.0 Å². The van der Waals surface area contributed by atoms with E-state index in [1.807, 2.05) is 0 Å². The van der Waals surface area contributed by atoms with E-state index in [1.54, 1.807) is 7.11 Å². The zero-order valence-electron chi connectivity index (χ0n) is 9.37. The van der Waals surface area contributed by atoms with E-state index in [9.17, 15) is 4.39 Å². The van der Waals surface area contributed by atoms with Gasteiger partial charge in [-0.05, 0) is 11.6 Å². The first-order valence-electron chi connectivity index (χ1n) is 5.20. The lowest BCUT2D eigenvalue weighted by Crippen LogP contribution is -2.39. The lowest BCUT2D eigenvalue weighted by molar-refractivity contribution is -0.00629. The molecule has 1 fully saturated rings. The van der Waals surface area contributed by atoms with Gasteiger partial charge in [-0.25, -0.2) is 9.37 Å². The van der Waals surface area contributed by atoms with E-state index >= 15 is 0 Å². The average molecular weight is 262 g/mol. The van der Waals surface area contributed by atoms with Crippen molar-refractivity contribution >= 4 is 17.4 Å². The first-order valence-corrected chi connectivity index (χ1v) is 5.58. The maximum Gasteiger partial charge on any atom is 0.224 e. The number of ether oxygens (including phenoxy) is 2. The van der Waals surface area contributed by atoms with Crippen LogP contribution in [0, 0.1) is 5.82 Å². The smallest absolute Gasteiger partial charge is 0.224 e. The average Bonchev–Trinajstić information content (AvgIpc) is 2.80. The molecular formula is C10H13ClFN3O2. The second-order valence-corrected chi connectivity index (χ2v) is 4.22. The molecule has 1 unspecified atom stereocenters. The van der Waals surface area contributed by atoms with E-state index in [1.165, 1.54) is 0 Å². The molecule has 1 atom stereocenters. The number of aromatic nitrogens is 2. The van der Waals surface area contributed by atoms with Crippen molar-refractivity contribution in [3.63, 3.8) is 0 Å². The summed E-state index contributed by atoms with van der Waals surface area (Å²) in [6.45, 7) is 1.53. The molecule has 0 bridgehead atoms. The molecule has 0 spiro atoms. The molecule has 17 heavy (non-hydrogen) atoms. The van der Waals surface area contributed by atoms with Crippen LogP contribution in [0.4, 0.5) is 10.2 Å². The number of hydrogen-bond donors (Lipinski definition) is 1. The summed E-state index contributed by atoms with van der Waals surface area (Å²) in [6.07, 6.45) is 1.79. The van der Waals surface area contributed by atoms with Crippen LogP contribution in [0.5, 0.6) is 0 Å². The summed E-state index contributed by atoms with van der Waals surface area (Å²) in [4.78, 5) is 7.31. The molecule has 0 radical (unpaired) electrons. The van der Waals surface area contributed by atoms with Gasteiger partial charge in [-0.2, -0.15) is 4.98 Å². The lowest BCUT2D eigenvalue weighted by atomic mass is 10.0. The number of rotatable bonds is 4. The van der Waals surface area contributed by atoms with Gasteiger partial charge in [0.1, 0.15) is 5.60 Å². The third kappa shape index (κ3) is 2.83. The van der Waals surface area contributed by atoms with Gasteiger partial charge in [0.2, 0.25) is 5.28 Å². The normalized spacial score (nSPS) is 23.9. The van der Waals surface area contributed by atoms with Crippen molar-refractivity contribution in [2.24, 2.45) is 0 Å². The van der Waals surface area contributed by atoms with Gasteiger partial charge in [0, 0.05) is 26.7 Å². The van der Waals surface area contributed by atoms with Crippen molar-refractivity contribution in [3.8, 4) is 0 Å².